The van der Waals surface area contributed by atoms with Crippen LogP contribution in [-0.2, 0) is 19.4 Å². The fourth-order valence-electron chi connectivity index (χ4n) is 1.70. The normalized spacial score (nSPS) is 12.2. The van der Waals surface area contributed by atoms with Crippen LogP contribution in [0.5, 0.6) is 5.75 Å². The van der Waals surface area contributed by atoms with Gasteiger partial charge in [0, 0.05) is 19.1 Å². The molecule has 144 valence electrons. The van der Waals surface area contributed by atoms with Gasteiger partial charge in [0.1, 0.15) is 16.4 Å². The number of carbonyl (C=O) groups is 1. The summed E-state index contributed by atoms with van der Waals surface area (Å²) in [6.07, 6.45) is 1.10. The Labute approximate surface area is 163 Å². The van der Waals surface area contributed by atoms with Crippen LogP contribution in [0.4, 0.5) is 5.69 Å². The maximum Gasteiger partial charge on any atom is 0.241 e. The number of halogens is 3. The molecule has 1 amide bonds. The first kappa shape index (κ1) is 24.2. The first-order valence-electron chi connectivity index (χ1n) is 6.99. The number of ether oxygens (including phenoxy) is 2. The minimum Gasteiger partial charge on any atom is -0.488 e. The lowest BCUT2D eigenvalue weighted by atomic mass is 10.2. The molecular formula is C14H21Cl3N2O5S. The number of rotatable bonds is 9. The van der Waals surface area contributed by atoms with E-state index in [1.807, 2.05) is 0 Å². The average Bonchev–Trinajstić information content (AvgIpc) is 2.46. The van der Waals surface area contributed by atoms with Crippen molar-refractivity contribution in [2.75, 3.05) is 37.6 Å². The Morgan fingerprint density at radius 2 is 1.84 bits per heavy atom. The van der Waals surface area contributed by atoms with Crippen LogP contribution in [0.3, 0.4) is 0 Å². The Morgan fingerprint density at radius 3 is 2.32 bits per heavy atom. The zero-order chi connectivity index (χ0) is 18.3. The Hall–Kier alpha value is -0.770. The largest absolute Gasteiger partial charge is 0.488 e. The van der Waals surface area contributed by atoms with Gasteiger partial charge in [-0.2, -0.15) is 0 Å². The van der Waals surface area contributed by atoms with Crippen molar-refractivity contribution in [2.45, 2.75) is 12.5 Å². The first-order valence-corrected chi connectivity index (χ1v) is 9.80. The van der Waals surface area contributed by atoms with Crippen molar-refractivity contribution in [3.63, 3.8) is 0 Å². The molecule has 1 aromatic rings. The van der Waals surface area contributed by atoms with Gasteiger partial charge in [-0.25, -0.2) is 8.42 Å². The molecule has 0 bridgehead atoms. The van der Waals surface area contributed by atoms with E-state index in [2.05, 4.69) is 5.32 Å². The lowest BCUT2D eigenvalue weighted by Gasteiger charge is -2.14. The van der Waals surface area contributed by atoms with E-state index in [-0.39, 0.29) is 47.0 Å². The van der Waals surface area contributed by atoms with E-state index in [0.29, 0.717) is 12.3 Å². The summed E-state index contributed by atoms with van der Waals surface area (Å²) < 4.78 is 32.5. The van der Waals surface area contributed by atoms with Crippen LogP contribution in [0.15, 0.2) is 12.1 Å². The second-order valence-corrected chi connectivity index (χ2v) is 8.20. The number of amides is 1. The van der Waals surface area contributed by atoms with Crippen molar-refractivity contribution in [1.29, 1.82) is 0 Å². The van der Waals surface area contributed by atoms with Crippen molar-refractivity contribution in [1.82, 2.24) is 0 Å². The summed E-state index contributed by atoms with van der Waals surface area (Å²) in [5.74, 6) is -0.413. The Bertz CT molecular complexity index is 662. The number of benzene rings is 1. The molecule has 0 aliphatic heterocycles. The van der Waals surface area contributed by atoms with Gasteiger partial charge in [0.2, 0.25) is 5.91 Å². The van der Waals surface area contributed by atoms with Gasteiger partial charge in [0.25, 0.3) is 0 Å². The second kappa shape index (κ2) is 11.1. The van der Waals surface area contributed by atoms with E-state index < -0.39 is 21.8 Å². The molecule has 1 unspecified atom stereocenters. The molecule has 0 saturated heterocycles. The zero-order valence-electron chi connectivity index (χ0n) is 13.8. The maximum atomic E-state index is 12.0. The highest BCUT2D eigenvalue weighted by Crippen LogP contribution is 2.36. The molecule has 0 spiro atoms. The predicted octanol–water partition coefficient (Wildman–Crippen LogP) is 2.14. The van der Waals surface area contributed by atoms with Crippen molar-refractivity contribution in [3.05, 3.63) is 22.2 Å². The summed E-state index contributed by atoms with van der Waals surface area (Å²) in [4.78, 5) is 12.0. The molecule has 0 aromatic heterocycles. The van der Waals surface area contributed by atoms with Crippen LogP contribution in [0.1, 0.15) is 6.42 Å². The van der Waals surface area contributed by atoms with Crippen LogP contribution in [-0.4, -0.2) is 52.7 Å². The molecule has 0 radical (unpaired) electrons. The zero-order valence-corrected chi connectivity index (χ0v) is 16.9. The molecule has 1 rings (SSSR count). The maximum absolute atomic E-state index is 12.0. The third-order valence-electron chi connectivity index (χ3n) is 2.94. The number of hydrogen-bond acceptors (Lipinski definition) is 6. The number of anilines is 1. The van der Waals surface area contributed by atoms with Gasteiger partial charge in [-0.1, -0.05) is 23.2 Å². The number of carbonyl (C=O) groups excluding carboxylic acids is 1. The van der Waals surface area contributed by atoms with Crippen molar-refractivity contribution in [2.24, 2.45) is 5.73 Å². The smallest absolute Gasteiger partial charge is 0.241 e. The van der Waals surface area contributed by atoms with Gasteiger partial charge in [-0.05, 0) is 18.6 Å². The van der Waals surface area contributed by atoms with Crippen molar-refractivity contribution in [3.8, 4) is 5.75 Å². The summed E-state index contributed by atoms with van der Waals surface area (Å²) in [7, 11) is -1.64. The topological polar surface area (TPSA) is 108 Å². The number of sulfone groups is 1. The predicted molar refractivity (Wildman–Crippen MR) is 102 cm³/mol. The Balaban J connectivity index is 0.00000576. The molecule has 0 heterocycles. The molecule has 1 aromatic carbocycles. The van der Waals surface area contributed by atoms with Crippen molar-refractivity contribution < 1.29 is 22.7 Å². The van der Waals surface area contributed by atoms with Crippen LogP contribution >= 0.6 is 35.6 Å². The molecule has 3 N–H and O–H groups in total. The van der Waals surface area contributed by atoms with E-state index in [4.69, 9.17) is 38.4 Å². The quantitative estimate of drug-likeness (QED) is 0.575. The summed E-state index contributed by atoms with van der Waals surface area (Å²) in [5, 5.41) is 2.99. The molecule has 25 heavy (non-hydrogen) atoms. The van der Waals surface area contributed by atoms with E-state index in [1.165, 1.54) is 19.2 Å². The highest BCUT2D eigenvalue weighted by atomic mass is 35.5. The third kappa shape index (κ3) is 8.94. The van der Waals surface area contributed by atoms with E-state index in [0.717, 1.165) is 6.26 Å². The summed E-state index contributed by atoms with van der Waals surface area (Å²) in [6, 6.07) is 1.97. The minimum atomic E-state index is -3.18. The first-order chi connectivity index (χ1) is 11.1. The molecule has 0 fully saturated rings. The van der Waals surface area contributed by atoms with E-state index in [9.17, 15) is 13.2 Å². The number of nitrogens with two attached hydrogens (primary N) is 1. The van der Waals surface area contributed by atoms with Crippen LogP contribution in [0.25, 0.3) is 0 Å². The van der Waals surface area contributed by atoms with Crippen molar-refractivity contribution >= 4 is 57.0 Å². The highest BCUT2D eigenvalue weighted by molar-refractivity contribution is 7.90. The monoisotopic (exact) mass is 434 g/mol. The molecule has 1 atom stereocenters. The van der Waals surface area contributed by atoms with E-state index in [1.54, 1.807) is 0 Å². The minimum absolute atomic E-state index is 0. The summed E-state index contributed by atoms with van der Waals surface area (Å²) in [5.41, 5.74) is 6.02. The van der Waals surface area contributed by atoms with Gasteiger partial charge in [0.15, 0.2) is 5.75 Å². The second-order valence-electron chi connectivity index (χ2n) is 5.12. The molecule has 0 aliphatic carbocycles. The molecule has 0 aliphatic rings. The van der Waals surface area contributed by atoms with Gasteiger partial charge in [0.05, 0.1) is 28.4 Å². The molecule has 0 saturated carbocycles. The van der Waals surface area contributed by atoms with Gasteiger partial charge < -0.3 is 20.5 Å². The Kier molecular flexibility index (Phi) is 10.7. The SMILES string of the molecule is COCCOc1c(Cl)cc(NC(=O)C(N)CCS(C)(=O)=O)cc1Cl.Cl. The standard InChI is InChI=1S/C14H20Cl2N2O5S.ClH/c1-22-4-5-23-13-10(15)7-9(8-11(13)16)18-14(19)12(17)3-6-24(2,20)21;/h7-8,12H,3-6,17H2,1-2H3,(H,18,19);1H. The summed E-state index contributed by atoms with van der Waals surface area (Å²) in [6.45, 7) is 0.651. The molecular weight excluding hydrogens is 415 g/mol. The lowest BCUT2D eigenvalue weighted by Crippen LogP contribution is -2.37. The van der Waals surface area contributed by atoms with Crippen LogP contribution in [0, 0.1) is 0 Å². The fourth-order valence-corrected chi connectivity index (χ4v) is 2.98. The average molecular weight is 436 g/mol. The lowest BCUT2D eigenvalue weighted by molar-refractivity contribution is -0.117. The van der Waals surface area contributed by atoms with E-state index >= 15 is 0 Å². The van der Waals surface area contributed by atoms with Gasteiger partial charge in [-0.15, -0.1) is 12.4 Å². The van der Waals surface area contributed by atoms with Crippen LogP contribution < -0.4 is 15.8 Å². The summed E-state index contributed by atoms with van der Waals surface area (Å²) >= 11 is 12.2. The number of hydrogen-bond donors (Lipinski definition) is 2. The Morgan fingerprint density at radius 1 is 1.28 bits per heavy atom. The molecule has 7 nitrogen and oxygen atoms in total. The molecule has 11 heteroatoms. The third-order valence-corrected chi connectivity index (χ3v) is 4.47. The van der Waals surface area contributed by atoms with Crippen LogP contribution in [0.2, 0.25) is 10.0 Å². The van der Waals surface area contributed by atoms with Gasteiger partial charge in [-0.3, -0.25) is 4.79 Å². The number of nitrogens with one attached hydrogen (secondary N) is 1. The highest BCUT2D eigenvalue weighted by Gasteiger charge is 2.17. The van der Waals surface area contributed by atoms with Gasteiger partial charge >= 0.3 is 0 Å². The fraction of sp³-hybridized carbons (Fsp3) is 0.500. The number of methoxy groups -OCH3 is 1.